The Morgan fingerprint density at radius 2 is 1.55 bits per heavy atom. The van der Waals surface area contributed by atoms with Gasteiger partial charge in [-0.25, -0.2) is 9.96 Å². The van der Waals surface area contributed by atoms with Crippen LogP contribution in [0.25, 0.3) is 0 Å². The summed E-state index contributed by atoms with van der Waals surface area (Å²) in [5, 5.41) is 12.6. The van der Waals surface area contributed by atoms with Gasteiger partial charge in [0.1, 0.15) is 5.92 Å². The number of carbonyl (C=O) groups is 2. The minimum atomic E-state index is -0.988. The van der Waals surface area contributed by atoms with Crippen LogP contribution in [0.4, 0.5) is 17.1 Å². The summed E-state index contributed by atoms with van der Waals surface area (Å²) >= 11 is 1.62. The zero-order valence-corrected chi connectivity index (χ0v) is 18.3. The van der Waals surface area contributed by atoms with E-state index in [1.54, 1.807) is 16.8 Å². The molecule has 2 heterocycles. The van der Waals surface area contributed by atoms with E-state index in [0.717, 1.165) is 21.0 Å². The number of thioether (sulfide) groups is 1. The summed E-state index contributed by atoms with van der Waals surface area (Å²) in [4.78, 5) is 45.5. The molecule has 8 nitrogen and oxygen atoms in total. The van der Waals surface area contributed by atoms with Gasteiger partial charge in [0.15, 0.2) is 6.10 Å². The van der Waals surface area contributed by atoms with E-state index in [2.05, 4.69) is 0 Å². The van der Waals surface area contributed by atoms with E-state index in [1.165, 1.54) is 24.3 Å². The van der Waals surface area contributed by atoms with Crippen LogP contribution < -0.4 is 9.96 Å². The molecule has 0 radical (unpaired) electrons. The van der Waals surface area contributed by atoms with E-state index >= 15 is 0 Å². The number of anilines is 2. The molecule has 3 aromatic rings. The lowest BCUT2D eigenvalue weighted by atomic mass is 9.90. The van der Waals surface area contributed by atoms with Crippen molar-refractivity contribution < 1.29 is 19.3 Å². The average Bonchev–Trinajstić information content (AvgIpc) is 3.35. The number of rotatable bonds is 5. The molecular formula is C24H19N3O5S. The first-order valence-corrected chi connectivity index (χ1v) is 11.5. The van der Waals surface area contributed by atoms with Crippen molar-refractivity contribution in [3.05, 3.63) is 94.5 Å². The molecule has 0 spiro atoms. The molecule has 0 saturated carbocycles. The number of non-ortho nitro benzene ring substituents is 1. The maximum absolute atomic E-state index is 13.6. The molecule has 0 unspecified atom stereocenters. The van der Waals surface area contributed by atoms with Crippen LogP contribution in [0.2, 0.25) is 0 Å². The van der Waals surface area contributed by atoms with Gasteiger partial charge in [-0.05, 0) is 48.2 Å². The van der Waals surface area contributed by atoms with Crippen molar-refractivity contribution in [2.75, 3.05) is 16.2 Å². The second-order valence-corrected chi connectivity index (χ2v) is 8.60. The Bertz CT molecular complexity index is 1220. The van der Waals surface area contributed by atoms with Crippen molar-refractivity contribution >= 4 is 40.6 Å². The zero-order valence-electron chi connectivity index (χ0n) is 17.5. The van der Waals surface area contributed by atoms with E-state index in [1.807, 2.05) is 60.9 Å². The van der Waals surface area contributed by atoms with E-state index in [0.29, 0.717) is 0 Å². The van der Waals surface area contributed by atoms with Crippen LogP contribution in [0.3, 0.4) is 0 Å². The number of hydroxylamine groups is 1. The number of amides is 2. The molecule has 0 aliphatic carbocycles. The van der Waals surface area contributed by atoms with E-state index in [9.17, 15) is 19.7 Å². The van der Waals surface area contributed by atoms with Crippen molar-refractivity contribution in [1.29, 1.82) is 0 Å². The number of nitro benzene ring substituents is 1. The summed E-state index contributed by atoms with van der Waals surface area (Å²) in [6, 6.07) is 22.1. The molecule has 3 atom stereocenters. The van der Waals surface area contributed by atoms with Gasteiger partial charge in [-0.15, -0.1) is 11.8 Å². The fourth-order valence-electron chi connectivity index (χ4n) is 4.33. The van der Waals surface area contributed by atoms with E-state index in [-0.39, 0.29) is 11.4 Å². The molecule has 0 bridgehead atoms. The van der Waals surface area contributed by atoms with Gasteiger partial charge in [-0.3, -0.25) is 24.5 Å². The van der Waals surface area contributed by atoms with Crippen molar-refractivity contribution in [1.82, 2.24) is 0 Å². The van der Waals surface area contributed by atoms with Crippen molar-refractivity contribution in [3.63, 3.8) is 0 Å². The molecule has 2 saturated heterocycles. The van der Waals surface area contributed by atoms with Crippen LogP contribution >= 0.6 is 11.8 Å². The third-order valence-electron chi connectivity index (χ3n) is 5.90. The number of benzene rings is 3. The van der Waals surface area contributed by atoms with Gasteiger partial charge in [0.05, 0.1) is 22.3 Å². The lowest BCUT2D eigenvalue weighted by Gasteiger charge is -2.28. The highest BCUT2D eigenvalue weighted by Crippen LogP contribution is 2.47. The molecule has 0 N–H and O–H groups in total. The number of fused-ring (bicyclic) bond motifs is 1. The lowest BCUT2D eigenvalue weighted by molar-refractivity contribution is -0.384. The fourth-order valence-corrected chi connectivity index (χ4v) is 4.74. The highest BCUT2D eigenvalue weighted by Gasteiger charge is 2.60. The van der Waals surface area contributed by atoms with E-state index in [4.69, 9.17) is 4.84 Å². The number of imide groups is 1. The minimum Gasteiger partial charge on any atom is -0.273 e. The quantitative estimate of drug-likeness (QED) is 0.241. The van der Waals surface area contributed by atoms with Crippen LogP contribution in [0.15, 0.2) is 83.8 Å². The Hall–Kier alpha value is -3.69. The lowest BCUT2D eigenvalue weighted by Crippen LogP contribution is -2.37. The molecule has 166 valence electrons. The van der Waals surface area contributed by atoms with Gasteiger partial charge in [0.25, 0.3) is 11.6 Å². The molecule has 2 fully saturated rings. The van der Waals surface area contributed by atoms with Crippen LogP contribution in [-0.2, 0) is 14.4 Å². The first-order chi connectivity index (χ1) is 16.0. The second-order valence-electron chi connectivity index (χ2n) is 7.72. The predicted octanol–water partition coefficient (Wildman–Crippen LogP) is 4.37. The first-order valence-electron chi connectivity index (χ1n) is 10.3. The SMILES string of the molecule is CSc1ccc([C@H]2[C@@H]3C(=O)N(c4ccc([N+](=O)[O-])cc4)C(=O)[C@H]3ON2c2ccccc2)cc1. The summed E-state index contributed by atoms with van der Waals surface area (Å²) in [5.74, 6) is -1.63. The Kier molecular flexibility index (Phi) is 5.35. The van der Waals surface area contributed by atoms with Crippen molar-refractivity contribution in [2.24, 2.45) is 5.92 Å². The average molecular weight is 461 g/mol. The molecule has 3 aromatic carbocycles. The standard InChI is InChI=1S/C24H19N3O5S/c1-33-19-13-7-15(8-14-19)21-20-22(32-26(21)17-5-3-2-4-6-17)24(29)25(23(20)28)16-9-11-18(12-10-16)27(30)31/h2-14,20-22H,1H3/t20-,21-,22-/m0/s1. The smallest absolute Gasteiger partial charge is 0.269 e. The normalized spacial score (nSPS) is 22.0. The molecule has 2 amide bonds. The van der Waals surface area contributed by atoms with Gasteiger partial charge in [0.2, 0.25) is 5.91 Å². The van der Waals surface area contributed by atoms with Crippen molar-refractivity contribution in [2.45, 2.75) is 17.0 Å². The molecule has 2 aliphatic rings. The van der Waals surface area contributed by atoms with Crippen LogP contribution in [-0.4, -0.2) is 29.1 Å². The van der Waals surface area contributed by atoms with Gasteiger partial charge in [-0.2, -0.15) is 0 Å². The molecule has 9 heteroatoms. The maximum atomic E-state index is 13.6. The number of para-hydroxylation sites is 1. The minimum absolute atomic E-state index is 0.115. The van der Waals surface area contributed by atoms with Gasteiger partial charge in [-0.1, -0.05) is 30.3 Å². The summed E-state index contributed by atoms with van der Waals surface area (Å²) in [7, 11) is 0. The Morgan fingerprint density at radius 3 is 2.15 bits per heavy atom. The Labute approximate surface area is 193 Å². The fraction of sp³-hybridized carbons (Fsp3) is 0.167. The van der Waals surface area contributed by atoms with Crippen LogP contribution in [0.1, 0.15) is 11.6 Å². The number of hydrogen-bond acceptors (Lipinski definition) is 7. The predicted molar refractivity (Wildman–Crippen MR) is 124 cm³/mol. The third kappa shape index (κ3) is 3.55. The number of carbonyl (C=O) groups excluding carboxylic acids is 2. The monoisotopic (exact) mass is 461 g/mol. The number of nitrogens with zero attached hydrogens (tertiary/aromatic N) is 3. The molecular weight excluding hydrogens is 442 g/mol. The molecule has 2 aliphatic heterocycles. The number of nitro groups is 1. The molecule has 33 heavy (non-hydrogen) atoms. The topological polar surface area (TPSA) is 93.0 Å². The summed E-state index contributed by atoms with van der Waals surface area (Å²) in [6.07, 6.45) is 0.999. The molecule has 5 rings (SSSR count). The Morgan fingerprint density at radius 1 is 0.879 bits per heavy atom. The first kappa shape index (κ1) is 21.2. The van der Waals surface area contributed by atoms with E-state index < -0.39 is 34.8 Å². The van der Waals surface area contributed by atoms with Gasteiger partial charge >= 0.3 is 0 Å². The largest absolute Gasteiger partial charge is 0.273 e. The van der Waals surface area contributed by atoms with Gasteiger partial charge < -0.3 is 0 Å². The highest BCUT2D eigenvalue weighted by atomic mass is 32.2. The summed E-state index contributed by atoms with van der Waals surface area (Å²) < 4.78 is 0. The van der Waals surface area contributed by atoms with Crippen LogP contribution in [0.5, 0.6) is 0 Å². The van der Waals surface area contributed by atoms with Crippen LogP contribution in [0, 0.1) is 16.0 Å². The Balaban J connectivity index is 1.54. The zero-order chi connectivity index (χ0) is 23.1. The maximum Gasteiger partial charge on any atom is 0.269 e. The summed E-state index contributed by atoms with van der Waals surface area (Å²) in [6.45, 7) is 0. The summed E-state index contributed by atoms with van der Waals surface area (Å²) in [5.41, 5.74) is 1.77. The highest BCUT2D eigenvalue weighted by molar-refractivity contribution is 7.98. The van der Waals surface area contributed by atoms with Gasteiger partial charge in [0, 0.05) is 17.0 Å². The third-order valence-corrected chi connectivity index (χ3v) is 6.65. The number of hydrogen-bond donors (Lipinski definition) is 0. The second kappa shape index (κ2) is 8.34. The molecule has 0 aromatic heterocycles. The van der Waals surface area contributed by atoms with Crippen molar-refractivity contribution in [3.8, 4) is 0 Å².